The molecule has 3 aromatic rings. The van der Waals surface area contributed by atoms with Gasteiger partial charge in [0, 0.05) is 17.5 Å². The van der Waals surface area contributed by atoms with Crippen LogP contribution in [-0.2, 0) is 9.59 Å². The lowest BCUT2D eigenvalue weighted by atomic mass is 9.55. The second kappa shape index (κ2) is 6.30. The monoisotopic (exact) mass is 394 g/mol. The van der Waals surface area contributed by atoms with Crippen molar-refractivity contribution in [1.29, 1.82) is 0 Å². The number of nitrogens with one attached hydrogen (secondary N) is 1. The molecule has 3 aromatic carbocycles. The normalized spacial score (nSPS) is 25.7. The third-order valence-corrected chi connectivity index (χ3v) is 7.00. The quantitative estimate of drug-likeness (QED) is 0.676. The third kappa shape index (κ3) is 2.28. The average Bonchev–Trinajstić information content (AvgIpc) is 3.03. The van der Waals surface area contributed by atoms with E-state index < -0.39 is 0 Å². The predicted molar refractivity (Wildman–Crippen MR) is 115 cm³/mol. The Bertz CT molecular complexity index is 1090. The van der Waals surface area contributed by atoms with E-state index in [1.54, 1.807) is 0 Å². The van der Waals surface area contributed by atoms with Gasteiger partial charge in [-0.15, -0.1) is 0 Å². The molecule has 0 spiro atoms. The van der Waals surface area contributed by atoms with E-state index in [1.807, 2.05) is 55.5 Å². The van der Waals surface area contributed by atoms with Crippen LogP contribution in [-0.4, -0.2) is 23.4 Å². The molecule has 1 N–H and O–H groups in total. The number of benzene rings is 3. The first kappa shape index (κ1) is 17.5. The number of carbonyl (C=O) groups excluding carboxylic acids is 2. The zero-order chi connectivity index (χ0) is 20.4. The number of likely N-dealkylation sites (tertiary alicyclic amines) is 1. The maximum atomic E-state index is 13.5. The first-order valence-corrected chi connectivity index (χ1v) is 10.5. The van der Waals surface area contributed by atoms with E-state index >= 15 is 0 Å². The summed E-state index contributed by atoms with van der Waals surface area (Å²) in [6.45, 7) is 2.23. The predicted octanol–water partition coefficient (Wildman–Crippen LogP) is 4.26. The lowest BCUT2D eigenvalue weighted by molar-refractivity contribution is -0.139. The molecule has 0 saturated carbocycles. The van der Waals surface area contributed by atoms with Crippen LogP contribution in [0.5, 0.6) is 0 Å². The maximum absolute atomic E-state index is 13.5. The number of rotatable bonds is 3. The molecule has 0 radical (unpaired) electrons. The molecule has 3 aliphatic carbocycles. The summed E-state index contributed by atoms with van der Waals surface area (Å²) < 4.78 is 0. The minimum Gasteiger partial charge on any atom is -0.367 e. The highest BCUT2D eigenvalue weighted by Gasteiger charge is 2.61. The molecule has 4 nitrogen and oxygen atoms in total. The summed E-state index contributed by atoms with van der Waals surface area (Å²) in [5, 5.41) is 3.27. The van der Waals surface area contributed by atoms with E-state index in [1.165, 1.54) is 27.2 Å². The van der Waals surface area contributed by atoms with Crippen LogP contribution < -0.4 is 5.32 Å². The smallest absolute Gasteiger partial charge is 0.235 e. The molecule has 1 heterocycles. The summed E-state index contributed by atoms with van der Waals surface area (Å²) in [6.07, 6.45) is 0. The van der Waals surface area contributed by atoms with Gasteiger partial charge in [-0.3, -0.25) is 14.5 Å². The fourth-order valence-electron chi connectivity index (χ4n) is 5.82. The average molecular weight is 394 g/mol. The molecule has 1 saturated heterocycles. The van der Waals surface area contributed by atoms with E-state index in [2.05, 4.69) is 29.6 Å². The third-order valence-electron chi connectivity index (χ3n) is 7.00. The zero-order valence-corrected chi connectivity index (χ0v) is 16.7. The molecule has 4 aliphatic rings. The number of carbonyl (C=O) groups is 2. The van der Waals surface area contributed by atoms with Crippen molar-refractivity contribution < 1.29 is 9.59 Å². The number of anilines is 1. The van der Waals surface area contributed by atoms with E-state index in [0.29, 0.717) is 0 Å². The van der Waals surface area contributed by atoms with Crippen LogP contribution in [0.3, 0.4) is 0 Å². The first-order chi connectivity index (χ1) is 14.6. The van der Waals surface area contributed by atoms with E-state index in [-0.39, 0.29) is 42.2 Å². The van der Waals surface area contributed by atoms with Gasteiger partial charge in [0.05, 0.1) is 18.5 Å². The van der Waals surface area contributed by atoms with Crippen LogP contribution in [0.25, 0.3) is 0 Å². The lowest BCUT2D eigenvalue weighted by Gasteiger charge is -2.45. The van der Waals surface area contributed by atoms with Crippen molar-refractivity contribution in [3.63, 3.8) is 0 Å². The van der Waals surface area contributed by atoms with Crippen LogP contribution in [0, 0.1) is 18.8 Å². The maximum Gasteiger partial charge on any atom is 0.235 e. The van der Waals surface area contributed by atoms with Crippen LogP contribution in [0.2, 0.25) is 0 Å². The minimum atomic E-state index is -0.313. The van der Waals surface area contributed by atoms with Gasteiger partial charge in [0.1, 0.15) is 0 Å². The molecule has 2 bridgehead atoms. The van der Waals surface area contributed by atoms with Crippen LogP contribution >= 0.6 is 0 Å². The van der Waals surface area contributed by atoms with E-state index in [0.717, 1.165) is 11.3 Å². The lowest BCUT2D eigenvalue weighted by Crippen LogP contribution is -2.41. The Kier molecular flexibility index (Phi) is 3.66. The molecular formula is C26H22N2O2. The Hall–Kier alpha value is -3.40. The second-order valence-electron chi connectivity index (χ2n) is 8.57. The van der Waals surface area contributed by atoms with Crippen LogP contribution in [0.1, 0.15) is 39.7 Å². The number of aryl methyl sites for hydroxylation is 1. The van der Waals surface area contributed by atoms with Gasteiger partial charge in [-0.2, -0.15) is 0 Å². The Morgan fingerprint density at radius 2 is 1.23 bits per heavy atom. The van der Waals surface area contributed by atoms with Gasteiger partial charge >= 0.3 is 0 Å². The van der Waals surface area contributed by atoms with Crippen LogP contribution in [0.4, 0.5) is 5.69 Å². The molecule has 0 aromatic heterocycles. The summed E-state index contributed by atoms with van der Waals surface area (Å²) in [6, 6.07) is 24.6. The summed E-state index contributed by atoms with van der Waals surface area (Å²) in [5.74, 6) is -0.827. The highest BCUT2D eigenvalue weighted by atomic mass is 16.2. The topological polar surface area (TPSA) is 49.4 Å². The molecule has 4 heteroatoms. The van der Waals surface area contributed by atoms with Crippen molar-refractivity contribution in [3.05, 3.63) is 101 Å². The first-order valence-electron chi connectivity index (χ1n) is 10.5. The molecule has 2 atom stereocenters. The Labute approximate surface area is 175 Å². The Morgan fingerprint density at radius 3 is 1.70 bits per heavy atom. The summed E-state index contributed by atoms with van der Waals surface area (Å²) in [7, 11) is 0. The molecule has 30 heavy (non-hydrogen) atoms. The number of amides is 2. The zero-order valence-electron chi connectivity index (χ0n) is 16.7. The fourth-order valence-corrected chi connectivity index (χ4v) is 5.82. The number of nitrogens with zero attached hydrogens (tertiary/aromatic N) is 1. The Morgan fingerprint density at radius 1 is 0.733 bits per heavy atom. The van der Waals surface area contributed by atoms with Crippen molar-refractivity contribution in [2.24, 2.45) is 11.8 Å². The van der Waals surface area contributed by atoms with Gasteiger partial charge in [0.15, 0.2) is 0 Å². The highest BCUT2D eigenvalue weighted by Crippen LogP contribution is 2.60. The number of hydrogen-bond donors (Lipinski definition) is 1. The molecule has 148 valence electrons. The second-order valence-corrected chi connectivity index (χ2v) is 8.57. The van der Waals surface area contributed by atoms with Crippen molar-refractivity contribution in [2.75, 3.05) is 12.0 Å². The molecule has 7 rings (SSSR count). The standard InChI is InChI=1S/C26H22N2O2/c1-15-7-6-8-16(13-15)27-14-28-25(29)23-21-17-9-2-3-10-18(17)22(24(23)26(28)30)20-12-5-4-11-19(20)21/h2-13,21-24,27H,14H2,1H3/t21?,22?,23-,24-/m0/s1. The number of hydrogen-bond acceptors (Lipinski definition) is 3. The van der Waals surface area contributed by atoms with Crippen molar-refractivity contribution in [1.82, 2.24) is 4.90 Å². The Balaban J connectivity index is 1.40. The molecule has 2 amide bonds. The van der Waals surface area contributed by atoms with Gasteiger partial charge in [-0.05, 0) is 46.9 Å². The van der Waals surface area contributed by atoms with Crippen molar-refractivity contribution >= 4 is 17.5 Å². The largest absolute Gasteiger partial charge is 0.367 e. The van der Waals surface area contributed by atoms with E-state index in [9.17, 15) is 9.59 Å². The van der Waals surface area contributed by atoms with Gasteiger partial charge in [-0.1, -0.05) is 60.7 Å². The van der Waals surface area contributed by atoms with Gasteiger partial charge in [-0.25, -0.2) is 0 Å². The van der Waals surface area contributed by atoms with Crippen molar-refractivity contribution in [2.45, 2.75) is 18.8 Å². The molecule has 1 aliphatic heterocycles. The summed E-state index contributed by atoms with van der Waals surface area (Å²) >= 11 is 0. The molecule has 0 unspecified atom stereocenters. The minimum absolute atomic E-state index is 0.0483. The molecular weight excluding hydrogens is 372 g/mol. The van der Waals surface area contributed by atoms with Crippen LogP contribution in [0.15, 0.2) is 72.8 Å². The van der Waals surface area contributed by atoms with E-state index in [4.69, 9.17) is 0 Å². The summed E-state index contributed by atoms with van der Waals surface area (Å²) in [5.41, 5.74) is 6.88. The highest BCUT2D eigenvalue weighted by molar-refractivity contribution is 6.07. The van der Waals surface area contributed by atoms with Gasteiger partial charge in [0.2, 0.25) is 11.8 Å². The SMILES string of the molecule is Cc1cccc(NCN2C(=O)[C@H]3C4c5ccccc5C(c5ccccc54)[C@@H]3C2=O)c1. The molecule has 1 fully saturated rings. The van der Waals surface area contributed by atoms with Crippen molar-refractivity contribution in [3.8, 4) is 0 Å². The van der Waals surface area contributed by atoms with Gasteiger partial charge in [0.25, 0.3) is 0 Å². The van der Waals surface area contributed by atoms with Gasteiger partial charge < -0.3 is 5.32 Å². The fraction of sp³-hybridized carbons (Fsp3) is 0.231. The summed E-state index contributed by atoms with van der Waals surface area (Å²) in [4.78, 5) is 28.5. The number of imide groups is 1.